The van der Waals surface area contributed by atoms with Gasteiger partial charge in [0.2, 0.25) is 0 Å². The van der Waals surface area contributed by atoms with E-state index in [4.69, 9.17) is 23.2 Å². The monoisotopic (exact) mass is 708 g/mol. The fraction of sp³-hybridized carbons (Fsp3) is 0.225. The first-order chi connectivity index (χ1) is 23.4. The summed E-state index contributed by atoms with van der Waals surface area (Å²) in [5.41, 5.74) is 7.20. The molecule has 8 heteroatoms. The molecule has 0 saturated carbocycles. The average molecular weight is 710 g/mol. The summed E-state index contributed by atoms with van der Waals surface area (Å²) >= 11 is 15.4. The van der Waals surface area contributed by atoms with E-state index in [0.717, 1.165) is 73.5 Å². The number of pyridine rings is 2. The molecule has 0 aliphatic heterocycles. The van der Waals surface area contributed by atoms with Crippen molar-refractivity contribution in [2.75, 3.05) is 0 Å². The van der Waals surface area contributed by atoms with E-state index in [9.17, 15) is 9.90 Å². The number of halogens is 2. The van der Waals surface area contributed by atoms with Crippen LogP contribution in [-0.2, 0) is 0 Å². The van der Waals surface area contributed by atoms with Crippen molar-refractivity contribution in [1.29, 1.82) is 0 Å². The molecular formula is C40H34Cl2N2O2S2. The minimum absolute atomic E-state index is 0.260. The van der Waals surface area contributed by atoms with Gasteiger partial charge in [-0.05, 0) is 126 Å². The highest BCUT2D eigenvalue weighted by Gasteiger charge is 2.29. The third kappa shape index (κ3) is 7.19. The summed E-state index contributed by atoms with van der Waals surface area (Å²) in [5, 5.41) is 12.1. The number of Topliss-reactive ketones (excluding diaryl/α,β-unsaturated/α-hetero) is 1. The Morgan fingerprint density at radius 2 is 1.12 bits per heavy atom. The van der Waals surface area contributed by atoms with E-state index in [0.29, 0.717) is 12.3 Å². The van der Waals surface area contributed by atoms with E-state index < -0.39 is 0 Å². The summed E-state index contributed by atoms with van der Waals surface area (Å²) in [6.07, 6.45) is 12.3. The van der Waals surface area contributed by atoms with Crippen LogP contribution in [0, 0.1) is 0 Å². The highest BCUT2D eigenvalue weighted by Crippen LogP contribution is 2.46. The molecule has 0 amide bonds. The number of aliphatic hydroxyl groups is 1. The highest BCUT2D eigenvalue weighted by atomic mass is 35.5. The molecule has 2 aliphatic carbocycles. The number of rotatable bonds is 4. The summed E-state index contributed by atoms with van der Waals surface area (Å²) in [7, 11) is 0. The lowest BCUT2D eigenvalue weighted by Gasteiger charge is -2.16. The Morgan fingerprint density at radius 3 is 1.71 bits per heavy atom. The predicted molar refractivity (Wildman–Crippen MR) is 199 cm³/mol. The van der Waals surface area contributed by atoms with Crippen molar-refractivity contribution in [2.45, 2.75) is 56.5 Å². The molecule has 6 aromatic rings. The van der Waals surface area contributed by atoms with Crippen LogP contribution in [-0.4, -0.2) is 20.9 Å². The van der Waals surface area contributed by atoms with Crippen LogP contribution in [0.5, 0.6) is 0 Å². The van der Waals surface area contributed by atoms with Crippen LogP contribution in [0.2, 0.25) is 10.0 Å². The Kier molecular flexibility index (Phi) is 10.2. The van der Waals surface area contributed by atoms with Gasteiger partial charge in [0.25, 0.3) is 0 Å². The molecule has 242 valence electrons. The molecule has 8 rings (SSSR count). The largest absolute Gasteiger partial charge is 0.388 e. The van der Waals surface area contributed by atoms with Crippen LogP contribution in [0.25, 0.3) is 20.9 Å². The average Bonchev–Trinajstić information content (AvgIpc) is 3.70. The first-order valence-electron chi connectivity index (χ1n) is 16.2. The van der Waals surface area contributed by atoms with Gasteiger partial charge in [-0.1, -0.05) is 47.5 Å². The number of carbonyl (C=O) groups is 1. The Labute approximate surface area is 299 Å². The number of carbonyl (C=O) groups excluding carboxylic acids is 1. The maximum atomic E-state index is 12.6. The standard InChI is InChI=1S/C20H18ClNOS.C20H16ClNOS/c2*21-15-6-4-13(5-7-15)16-2-1-3-18(23)20-17(16)12-19(24-20)14-8-10-22-11-9-14/h4-12,16,18,23H,1-3H2;4-12,16H,1-3H2. The number of thiophene rings is 2. The van der Waals surface area contributed by atoms with Gasteiger partial charge in [-0.2, -0.15) is 0 Å². The predicted octanol–water partition coefficient (Wildman–Crippen LogP) is 11.8. The smallest absolute Gasteiger partial charge is 0.173 e. The Balaban J connectivity index is 0.000000152. The number of ketones is 1. The number of aliphatic hydroxyl groups excluding tert-OH is 1. The van der Waals surface area contributed by atoms with Crippen LogP contribution in [0.15, 0.2) is 110 Å². The molecule has 1 N–H and O–H groups in total. The lowest BCUT2D eigenvalue weighted by molar-refractivity contribution is 0.0985. The fourth-order valence-corrected chi connectivity index (χ4v) is 9.47. The number of aromatic nitrogens is 2. The van der Waals surface area contributed by atoms with Gasteiger partial charge in [0.15, 0.2) is 5.78 Å². The third-order valence-corrected chi connectivity index (χ3v) is 12.2. The van der Waals surface area contributed by atoms with Gasteiger partial charge >= 0.3 is 0 Å². The van der Waals surface area contributed by atoms with E-state index in [-0.39, 0.29) is 17.8 Å². The summed E-state index contributed by atoms with van der Waals surface area (Å²) in [5.74, 6) is 0.851. The quantitative estimate of drug-likeness (QED) is 0.185. The molecule has 4 heterocycles. The highest BCUT2D eigenvalue weighted by molar-refractivity contribution is 7.17. The SMILES string of the molecule is O=C1CCCC(c2ccc(Cl)cc2)c2cc(-c3ccncc3)sc21.OC1CCCC(c2ccc(Cl)cc2)c2cc(-c3ccncc3)sc21. The fourth-order valence-electron chi connectivity index (χ4n) is 6.77. The van der Waals surface area contributed by atoms with Crippen molar-refractivity contribution >= 4 is 51.7 Å². The number of hydrogen-bond acceptors (Lipinski definition) is 6. The van der Waals surface area contributed by atoms with Gasteiger partial charge < -0.3 is 5.11 Å². The van der Waals surface area contributed by atoms with E-state index in [1.54, 1.807) is 35.1 Å². The molecule has 4 aromatic heterocycles. The molecule has 0 saturated heterocycles. The molecular weight excluding hydrogens is 675 g/mol. The summed E-state index contributed by atoms with van der Waals surface area (Å²) in [4.78, 5) is 25.1. The zero-order valence-electron chi connectivity index (χ0n) is 26.2. The molecule has 0 spiro atoms. The minimum atomic E-state index is -0.363. The van der Waals surface area contributed by atoms with Gasteiger partial charge in [0, 0.05) is 67.7 Å². The van der Waals surface area contributed by atoms with Crippen molar-refractivity contribution < 1.29 is 9.90 Å². The van der Waals surface area contributed by atoms with Crippen LogP contribution in [0.3, 0.4) is 0 Å². The Morgan fingerprint density at radius 1 is 0.625 bits per heavy atom. The zero-order chi connectivity index (χ0) is 33.0. The molecule has 2 aliphatic rings. The molecule has 3 atom stereocenters. The second-order valence-corrected chi connectivity index (χ2v) is 15.3. The number of hydrogen-bond donors (Lipinski definition) is 1. The number of fused-ring (bicyclic) bond motifs is 2. The summed E-state index contributed by atoms with van der Waals surface area (Å²) in [6, 6.07) is 28.6. The van der Waals surface area contributed by atoms with Crippen molar-refractivity contribution in [3.63, 3.8) is 0 Å². The maximum Gasteiger partial charge on any atom is 0.173 e. The Bertz CT molecular complexity index is 1990. The second kappa shape index (κ2) is 14.9. The molecule has 0 bridgehead atoms. The number of benzene rings is 2. The first kappa shape index (κ1) is 32.9. The zero-order valence-corrected chi connectivity index (χ0v) is 29.3. The Hall–Kier alpha value is -3.65. The molecule has 48 heavy (non-hydrogen) atoms. The van der Waals surface area contributed by atoms with E-state index >= 15 is 0 Å². The van der Waals surface area contributed by atoms with E-state index in [1.165, 1.54) is 21.6 Å². The third-order valence-electron chi connectivity index (χ3n) is 9.20. The molecule has 3 unspecified atom stereocenters. The van der Waals surface area contributed by atoms with Crippen LogP contribution in [0.4, 0.5) is 0 Å². The normalized spacial score (nSPS) is 18.9. The van der Waals surface area contributed by atoms with E-state index in [1.807, 2.05) is 60.9 Å². The van der Waals surface area contributed by atoms with Gasteiger partial charge in [-0.25, -0.2) is 0 Å². The van der Waals surface area contributed by atoms with Crippen LogP contribution < -0.4 is 0 Å². The van der Waals surface area contributed by atoms with Crippen LogP contribution >= 0.6 is 45.9 Å². The molecule has 0 fully saturated rings. The van der Waals surface area contributed by atoms with Gasteiger partial charge in [0.05, 0.1) is 11.0 Å². The summed E-state index contributed by atoms with van der Waals surface area (Å²) < 4.78 is 0. The maximum absolute atomic E-state index is 12.6. The van der Waals surface area contributed by atoms with Gasteiger partial charge in [-0.3, -0.25) is 14.8 Å². The lowest BCUT2D eigenvalue weighted by Crippen LogP contribution is -2.01. The minimum Gasteiger partial charge on any atom is -0.388 e. The molecule has 4 nitrogen and oxygen atoms in total. The van der Waals surface area contributed by atoms with Crippen molar-refractivity contribution in [1.82, 2.24) is 9.97 Å². The van der Waals surface area contributed by atoms with Gasteiger partial charge in [0.1, 0.15) is 0 Å². The first-order valence-corrected chi connectivity index (χ1v) is 18.6. The molecule has 0 radical (unpaired) electrons. The summed E-state index contributed by atoms with van der Waals surface area (Å²) in [6.45, 7) is 0. The van der Waals surface area contributed by atoms with Crippen molar-refractivity contribution in [3.8, 4) is 20.9 Å². The van der Waals surface area contributed by atoms with Gasteiger partial charge in [-0.15, -0.1) is 22.7 Å². The van der Waals surface area contributed by atoms with Crippen molar-refractivity contribution in [3.05, 3.63) is 152 Å². The topological polar surface area (TPSA) is 63.1 Å². The van der Waals surface area contributed by atoms with Crippen molar-refractivity contribution in [2.24, 2.45) is 0 Å². The molecule has 2 aromatic carbocycles. The van der Waals surface area contributed by atoms with Crippen LogP contribution in [0.1, 0.15) is 93.3 Å². The van der Waals surface area contributed by atoms with E-state index in [2.05, 4.69) is 46.4 Å². The second-order valence-electron chi connectivity index (χ2n) is 12.3. The lowest BCUT2D eigenvalue weighted by atomic mass is 9.89. The number of nitrogens with zero attached hydrogens (tertiary/aromatic N) is 2.